The van der Waals surface area contributed by atoms with Crippen molar-refractivity contribution in [3.63, 3.8) is 0 Å². The fourth-order valence-electron chi connectivity index (χ4n) is 1.23. The van der Waals surface area contributed by atoms with Crippen molar-refractivity contribution in [2.24, 2.45) is 0 Å². The Kier molecular flexibility index (Phi) is 4.60. The maximum absolute atomic E-state index is 10.8. The lowest BCUT2D eigenvalue weighted by Crippen LogP contribution is -2.10. The molecule has 0 saturated carbocycles. The lowest BCUT2D eigenvalue weighted by molar-refractivity contribution is -0.385. The maximum Gasteiger partial charge on any atom is 0.289 e. The van der Waals surface area contributed by atoms with Gasteiger partial charge in [-0.15, -0.1) is 0 Å². The maximum atomic E-state index is 10.8. The van der Waals surface area contributed by atoms with Crippen molar-refractivity contribution < 1.29 is 9.13 Å². The van der Waals surface area contributed by atoms with Crippen LogP contribution in [0.15, 0.2) is 18.2 Å². The van der Waals surface area contributed by atoms with Gasteiger partial charge in [-0.3, -0.25) is 14.3 Å². The first-order valence-corrected chi connectivity index (χ1v) is 6.49. The van der Waals surface area contributed by atoms with Gasteiger partial charge in [0, 0.05) is 41.1 Å². The average molecular weight is 253 g/mol. The van der Waals surface area contributed by atoms with Crippen molar-refractivity contribution in [1.82, 2.24) is 0 Å². The zero-order valence-electron chi connectivity index (χ0n) is 9.17. The summed E-state index contributed by atoms with van der Waals surface area (Å²) in [5, 5.41) is 22.3. The summed E-state index contributed by atoms with van der Waals surface area (Å²) in [4.78, 5) is 10.1. The molecular weight excluding hydrogens is 242 g/mol. The molecule has 1 unspecified atom stereocenters. The Labute approximate surface area is 101 Å². The number of nitrogens with one attached hydrogen (secondary N) is 1. The van der Waals surface area contributed by atoms with Crippen molar-refractivity contribution >= 4 is 22.2 Å². The van der Waals surface area contributed by atoms with Crippen LogP contribution in [-0.4, -0.2) is 27.7 Å². The smallest absolute Gasteiger partial charge is 0.289 e. The zero-order chi connectivity index (χ0) is 12.8. The SMILES string of the molecule is CS(=O)CCNc1ccc(C#N)c([N+](=O)[O-])c1. The monoisotopic (exact) mass is 253 g/mol. The molecule has 6 nitrogen and oxygen atoms in total. The first-order valence-electron chi connectivity index (χ1n) is 4.77. The highest BCUT2D eigenvalue weighted by atomic mass is 32.2. The van der Waals surface area contributed by atoms with E-state index in [1.165, 1.54) is 12.1 Å². The molecule has 0 aliphatic carbocycles. The van der Waals surface area contributed by atoms with Gasteiger partial charge in [0.25, 0.3) is 5.69 Å². The van der Waals surface area contributed by atoms with Crippen molar-refractivity contribution in [3.8, 4) is 6.07 Å². The summed E-state index contributed by atoms with van der Waals surface area (Å²) in [6, 6.07) is 6.04. The second-order valence-corrected chi connectivity index (χ2v) is 4.86. The van der Waals surface area contributed by atoms with Crippen LogP contribution in [0.1, 0.15) is 5.56 Å². The summed E-state index contributed by atoms with van der Waals surface area (Å²) < 4.78 is 10.8. The van der Waals surface area contributed by atoms with Gasteiger partial charge in [-0.25, -0.2) is 0 Å². The summed E-state index contributed by atoms with van der Waals surface area (Å²) >= 11 is 0. The first kappa shape index (κ1) is 13.1. The van der Waals surface area contributed by atoms with Crippen molar-refractivity contribution in [2.45, 2.75) is 0 Å². The first-order chi connectivity index (χ1) is 8.04. The van der Waals surface area contributed by atoms with Gasteiger partial charge < -0.3 is 5.32 Å². The fourth-order valence-corrected chi connectivity index (χ4v) is 1.62. The number of anilines is 1. The van der Waals surface area contributed by atoms with Gasteiger partial charge in [-0.2, -0.15) is 5.26 Å². The summed E-state index contributed by atoms with van der Waals surface area (Å²) in [5.41, 5.74) is 0.343. The minimum atomic E-state index is -0.908. The van der Waals surface area contributed by atoms with E-state index in [1.807, 2.05) is 0 Å². The summed E-state index contributed by atoms with van der Waals surface area (Å²) in [6.45, 7) is 0.464. The van der Waals surface area contributed by atoms with Gasteiger partial charge in [-0.05, 0) is 12.1 Å². The van der Waals surface area contributed by atoms with E-state index in [-0.39, 0.29) is 11.3 Å². The third-order valence-electron chi connectivity index (χ3n) is 2.03. The van der Waals surface area contributed by atoms with E-state index >= 15 is 0 Å². The molecule has 1 aromatic rings. The highest BCUT2D eigenvalue weighted by Crippen LogP contribution is 2.22. The van der Waals surface area contributed by atoms with E-state index in [0.717, 1.165) is 0 Å². The minimum Gasteiger partial charge on any atom is -0.384 e. The summed E-state index contributed by atoms with van der Waals surface area (Å²) in [6.07, 6.45) is 1.59. The summed E-state index contributed by atoms with van der Waals surface area (Å²) in [5.74, 6) is 0.466. The Hall–Kier alpha value is -1.94. The Balaban J connectivity index is 2.82. The van der Waals surface area contributed by atoms with Crippen LogP contribution >= 0.6 is 0 Å². The van der Waals surface area contributed by atoms with Crippen molar-refractivity contribution in [3.05, 3.63) is 33.9 Å². The quantitative estimate of drug-likeness (QED) is 0.629. The molecule has 0 aliphatic rings. The molecule has 0 aromatic heterocycles. The lowest BCUT2D eigenvalue weighted by atomic mass is 10.2. The molecule has 0 radical (unpaired) electrons. The third-order valence-corrected chi connectivity index (χ3v) is 2.81. The van der Waals surface area contributed by atoms with Crippen LogP contribution in [0, 0.1) is 21.4 Å². The predicted molar refractivity (Wildman–Crippen MR) is 65.2 cm³/mol. The normalized spacial score (nSPS) is 11.5. The molecule has 1 rings (SSSR count). The van der Waals surface area contributed by atoms with E-state index < -0.39 is 15.7 Å². The topological polar surface area (TPSA) is 96.0 Å². The van der Waals surface area contributed by atoms with Crippen molar-refractivity contribution in [1.29, 1.82) is 5.26 Å². The van der Waals surface area contributed by atoms with E-state index in [9.17, 15) is 14.3 Å². The highest BCUT2D eigenvalue weighted by Gasteiger charge is 2.13. The number of nitriles is 1. The molecule has 0 aliphatic heterocycles. The molecule has 0 saturated heterocycles. The van der Waals surface area contributed by atoms with E-state index in [1.54, 1.807) is 18.4 Å². The van der Waals surface area contributed by atoms with Crippen LogP contribution in [0.5, 0.6) is 0 Å². The van der Waals surface area contributed by atoms with Crippen LogP contribution in [0.3, 0.4) is 0 Å². The molecule has 1 N–H and O–H groups in total. The number of nitro groups is 1. The van der Waals surface area contributed by atoms with Gasteiger partial charge in [0.1, 0.15) is 11.6 Å². The Bertz CT molecular complexity index is 496. The fraction of sp³-hybridized carbons (Fsp3) is 0.300. The van der Waals surface area contributed by atoms with Gasteiger partial charge >= 0.3 is 0 Å². The van der Waals surface area contributed by atoms with E-state index in [0.29, 0.717) is 18.0 Å². The van der Waals surface area contributed by atoms with Crippen LogP contribution in [0.2, 0.25) is 0 Å². The molecule has 0 heterocycles. The highest BCUT2D eigenvalue weighted by molar-refractivity contribution is 7.84. The van der Waals surface area contributed by atoms with Gasteiger partial charge in [0.15, 0.2) is 0 Å². The minimum absolute atomic E-state index is 0.0274. The number of rotatable bonds is 5. The number of nitro benzene ring substituents is 1. The lowest BCUT2D eigenvalue weighted by Gasteiger charge is -2.05. The Morgan fingerprint density at radius 1 is 1.59 bits per heavy atom. The molecule has 1 atom stereocenters. The molecule has 0 amide bonds. The van der Waals surface area contributed by atoms with Gasteiger partial charge in [0.05, 0.1) is 4.92 Å². The Morgan fingerprint density at radius 3 is 2.82 bits per heavy atom. The number of hydrogen-bond acceptors (Lipinski definition) is 5. The molecular formula is C10H11N3O3S. The number of benzene rings is 1. The van der Waals surface area contributed by atoms with Crippen LogP contribution in [0.4, 0.5) is 11.4 Å². The van der Waals surface area contributed by atoms with Crippen molar-refractivity contribution in [2.75, 3.05) is 23.9 Å². The van der Waals surface area contributed by atoms with Crippen LogP contribution in [-0.2, 0) is 10.8 Å². The number of nitrogens with zero attached hydrogens (tertiary/aromatic N) is 2. The zero-order valence-corrected chi connectivity index (χ0v) is 9.99. The van der Waals surface area contributed by atoms with Crippen LogP contribution in [0.25, 0.3) is 0 Å². The van der Waals surface area contributed by atoms with E-state index in [4.69, 9.17) is 5.26 Å². The molecule has 0 bridgehead atoms. The number of hydrogen-bond donors (Lipinski definition) is 1. The van der Waals surface area contributed by atoms with Gasteiger partial charge in [0.2, 0.25) is 0 Å². The van der Waals surface area contributed by atoms with Gasteiger partial charge in [-0.1, -0.05) is 0 Å². The van der Waals surface area contributed by atoms with E-state index in [2.05, 4.69) is 5.32 Å². The molecule has 90 valence electrons. The second-order valence-electron chi connectivity index (χ2n) is 3.30. The predicted octanol–water partition coefficient (Wildman–Crippen LogP) is 1.26. The summed E-state index contributed by atoms with van der Waals surface area (Å²) in [7, 11) is -0.908. The van der Waals surface area contributed by atoms with Crippen LogP contribution < -0.4 is 5.32 Å². The largest absolute Gasteiger partial charge is 0.384 e. The molecule has 0 fully saturated rings. The molecule has 1 aromatic carbocycles. The Morgan fingerprint density at radius 2 is 2.29 bits per heavy atom. The standard InChI is InChI=1S/C10H11N3O3S/c1-17(16)5-4-12-9-3-2-8(7-11)10(6-9)13(14)15/h2-3,6,12H,4-5H2,1H3. The average Bonchev–Trinajstić information content (AvgIpc) is 2.28. The second kappa shape index (κ2) is 5.96. The third kappa shape index (κ3) is 3.85. The molecule has 7 heteroatoms. The molecule has 0 spiro atoms. The molecule has 17 heavy (non-hydrogen) atoms.